The summed E-state index contributed by atoms with van der Waals surface area (Å²) in [5.41, 5.74) is 2.79. The minimum Gasteiger partial charge on any atom is -0.352 e. The first-order valence-electron chi connectivity index (χ1n) is 5.11. The Morgan fingerprint density at radius 1 is 1.31 bits per heavy atom. The number of nitrogens with one attached hydrogen (secondary N) is 2. The normalized spacial score (nSPS) is 14.4. The molecule has 0 bridgehead atoms. The van der Waals surface area contributed by atoms with Crippen LogP contribution >= 0.6 is 0 Å². The van der Waals surface area contributed by atoms with Gasteiger partial charge in [-0.2, -0.15) is 5.10 Å². The Labute approximate surface area is 91.9 Å². The van der Waals surface area contributed by atoms with Crippen molar-refractivity contribution in [2.75, 3.05) is 6.54 Å². The van der Waals surface area contributed by atoms with Gasteiger partial charge in [-0.05, 0) is 24.1 Å². The molecule has 0 spiro atoms. The lowest BCUT2D eigenvalue weighted by atomic mass is 9.98. The van der Waals surface area contributed by atoms with Crippen molar-refractivity contribution in [3.63, 3.8) is 0 Å². The van der Waals surface area contributed by atoms with Gasteiger partial charge in [-0.1, -0.05) is 6.07 Å². The second-order valence-corrected chi connectivity index (χ2v) is 3.71. The van der Waals surface area contributed by atoms with E-state index in [2.05, 4.69) is 20.5 Å². The smallest absolute Gasteiger partial charge is 0.251 e. The molecule has 0 saturated carbocycles. The van der Waals surface area contributed by atoms with E-state index in [1.807, 2.05) is 18.2 Å². The quantitative estimate of drug-likeness (QED) is 0.736. The molecule has 0 saturated heterocycles. The Bertz CT molecular complexity index is 533. The highest BCUT2D eigenvalue weighted by molar-refractivity contribution is 5.97. The number of hydrogen-bond donors (Lipinski definition) is 2. The van der Waals surface area contributed by atoms with Crippen molar-refractivity contribution < 1.29 is 4.79 Å². The number of carbonyl (C=O) groups excluding carboxylic acids is 1. The fourth-order valence-electron chi connectivity index (χ4n) is 1.92. The van der Waals surface area contributed by atoms with Crippen molar-refractivity contribution in [2.24, 2.45) is 0 Å². The Kier molecular flexibility index (Phi) is 1.96. The maximum absolute atomic E-state index is 11.5. The number of fused-ring (bicyclic) bond motifs is 1. The summed E-state index contributed by atoms with van der Waals surface area (Å²) in [6, 6.07) is 5.71. The van der Waals surface area contributed by atoms with E-state index in [4.69, 9.17) is 0 Å². The highest BCUT2D eigenvalue weighted by Gasteiger charge is 2.17. The van der Waals surface area contributed by atoms with Crippen LogP contribution in [0.25, 0.3) is 11.4 Å². The number of nitrogens with zero attached hydrogens (tertiary/aromatic N) is 2. The molecule has 2 aromatic rings. The van der Waals surface area contributed by atoms with Crippen LogP contribution in [0.2, 0.25) is 0 Å². The molecular weight excluding hydrogens is 204 g/mol. The maximum Gasteiger partial charge on any atom is 0.251 e. The van der Waals surface area contributed by atoms with Gasteiger partial charge < -0.3 is 5.32 Å². The van der Waals surface area contributed by atoms with E-state index in [0.717, 1.165) is 28.9 Å². The van der Waals surface area contributed by atoms with Crippen molar-refractivity contribution >= 4 is 5.91 Å². The topological polar surface area (TPSA) is 70.7 Å². The lowest BCUT2D eigenvalue weighted by Crippen LogP contribution is -2.31. The zero-order chi connectivity index (χ0) is 11.0. The SMILES string of the molecule is O=C1NCCc2cc(-c3ncn[nH]3)ccc21. The van der Waals surface area contributed by atoms with Crippen LogP contribution in [0.15, 0.2) is 24.5 Å². The predicted octanol–water partition coefficient (Wildman–Crippen LogP) is 0.758. The largest absolute Gasteiger partial charge is 0.352 e. The molecule has 16 heavy (non-hydrogen) atoms. The molecule has 5 nitrogen and oxygen atoms in total. The van der Waals surface area contributed by atoms with Gasteiger partial charge in [0.25, 0.3) is 5.91 Å². The second-order valence-electron chi connectivity index (χ2n) is 3.71. The number of rotatable bonds is 1. The van der Waals surface area contributed by atoms with E-state index in [-0.39, 0.29) is 5.91 Å². The molecule has 0 radical (unpaired) electrons. The van der Waals surface area contributed by atoms with Gasteiger partial charge in [0.05, 0.1) is 0 Å². The third-order valence-electron chi connectivity index (χ3n) is 2.72. The number of aromatic nitrogens is 3. The molecule has 1 aromatic carbocycles. The summed E-state index contributed by atoms with van der Waals surface area (Å²) >= 11 is 0. The highest BCUT2D eigenvalue weighted by atomic mass is 16.1. The molecule has 1 aliphatic heterocycles. The molecule has 1 aliphatic rings. The monoisotopic (exact) mass is 214 g/mol. The summed E-state index contributed by atoms with van der Waals surface area (Å²) in [6.45, 7) is 0.700. The zero-order valence-electron chi connectivity index (χ0n) is 8.53. The average Bonchev–Trinajstić information content (AvgIpc) is 2.82. The maximum atomic E-state index is 11.5. The van der Waals surface area contributed by atoms with E-state index in [1.54, 1.807) is 0 Å². The summed E-state index contributed by atoms with van der Waals surface area (Å²) in [4.78, 5) is 15.6. The van der Waals surface area contributed by atoms with Crippen LogP contribution in [-0.4, -0.2) is 27.6 Å². The molecule has 1 amide bonds. The average molecular weight is 214 g/mol. The molecule has 0 atom stereocenters. The minimum atomic E-state index is 0.00497. The van der Waals surface area contributed by atoms with Crippen molar-refractivity contribution in [1.29, 1.82) is 0 Å². The van der Waals surface area contributed by atoms with Gasteiger partial charge in [0.1, 0.15) is 6.33 Å². The molecule has 5 heteroatoms. The molecule has 0 unspecified atom stereocenters. The third-order valence-corrected chi connectivity index (χ3v) is 2.72. The van der Waals surface area contributed by atoms with Crippen LogP contribution in [0.4, 0.5) is 0 Å². The molecule has 0 fully saturated rings. The van der Waals surface area contributed by atoms with Crippen LogP contribution in [0.3, 0.4) is 0 Å². The summed E-state index contributed by atoms with van der Waals surface area (Å²) in [7, 11) is 0. The van der Waals surface area contributed by atoms with E-state index in [9.17, 15) is 4.79 Å². The van der Waals surface area contributed by atoms with E-state index in [0.29, 0.717) is 6.54 Å². The lowest BCUT2D eigenvalue weighted by Gasteiger charge is -2.16. The van der Waals surface area contributed by atoms with Crippen LogP contribution in [0.5, 0.6) is 0 Å². The summed E-state index contributed by atoms with van der Waals surface area (Å²) in [5, 5.41) is 9.44. The van der Waals surface area contributed by atoms with Crippen molar-refractivity contribution in [3.05, 3.63) is 35.7 Å². The Morgan fingerprint density at radius 3 is 3.06 bits per heavy atom. The van der Waals surface area contributed by atoms with Crippen molar-refractivity contribution in [1.82, 2.24) is 20.5 Å². The second kappa shape index (κ2) is 3.44. The third kappa shape index (κ3) is 1.37. The standard InChI is InChI=1S/C11H10N4O/c16-11-9-2-1-8(10-13-6-14-15-10)5-7(9)3-4-12-11/h1-2,5-6H,3-4H2,(H,12,16)(H,13,14,15). The molecule has 1 aromatic heterocycles. The number of aromatic amines is 1. The molecule has 2 N–H and O–H groups in total. The van der Waals surface area contributed by atoms with E-state index in [1.165, 1.54) is 6.33 Å². The summed E-state index contributed by atoms with van der Waals surface area (Å²) in [5.74, 6) is 0.735. The summed E-state index contributed by atoms with van der Waals surface area (Å²) < 4.78 is 0. The molecule has 2 heterocycles. The number of amides is 1. The summed E-state index contributed by atoms with van der Waals surface area (Å²) in [6.07, 6.45) is 2.34. The number of carbonyl (C=O) groups is 1. The Hall–Kier alpha value is -2.17. The van der Waals surface area contributed by atoms with Crippen LogP contribution in [0, 0.1) is 0 Å². The highest BCUT2D eigenvalue weighted by Crippen LogP contribution is 2.21. The minimum absolute atomic E-state index is 0.00497. The van der Waals surface area contributed by atoms with Gasteiger partial charge in [-0.15, -0.1) is 0 Å². The van der Waals surface area contributed by atoms with Gasteiger partial charge in [0, 0.05) is 17.7 Å². The lowest BCUT2D eigenvalue weighted by molar-refractivity contribution is 0.0946. The zero-order valence-corrected chi connectivity index (χ0v) is 8.53. The van der Waals surface area contributed by atoms with Crippen molar-refractivity contribution in [3.8, 4) is 11.4 Å². The van der Waals surface area contributed by atoms with Crippen LogP contribution in [-0.2, 0) is 6.42 Å². The fraction of sp³-hybridized carbons (Fsp3) is 0.182. The first-order chi connectivity index (χ1) is 7.84. The van der Waals surface area contributed by atoms with E-state index >= 15 is 0 Å². The van der Waals surface area contributed by atoms with Crippen molar-refractivity contribution in [2.45, 2.75) is 6.42 Å². The number of H-pyrrole nitrogens is 1. The number of benzene rings is 1. The van der Waals surface area contributed by atoms with Gasteiger partial charge in [0.2, 0.25) is 0 Å². The van der Waals surface area contributed by atoms with Gasteiger partial charge in [-0.25, -0.2) is 4.98 Å². The molecular formula is C11H10N4O. The fourth-order valence-corrected chi connectivity index (χ4v) is 1.92. The van der Waals surface area contributed by atoms with E-state index < -0.39 is 0 Å². The van der Waals surface area contributed by atoms with Gasteiger partial charge >= 0.3 is 0 Å². The Balaban J connectivity index is 2.08. The number of hydrogen-bond acceptors (Lipinski definition) is 3. The van der Waals surface area contributed by atoms with Crippen LogP contribution < -0.4 is 5.32 Å². The Morgan fingerprint density at radius 2 is 2.25 bits per heavy atom. The van der Waals surface area contributed by atoms with Crippen LogP contribution in [0.1, 0.15) is 15.9 Å². The molecule has 3 rings (SSSR count). The van der Waals surface area contributed by atoms with Gasteiger partial charge in [0.15, 0.2) is 5.82 Å². The first kappa shape index (κ1) is 9.08. The predicted molar refractivity (Wildman–Crippen MR) is 57.9 cm³/mol. The van der Waals surface area contributed by atoms with Gasteiger partial charge in [-0.3, -0.25) is 9.89 Å². The molecule has 80 valence electrons. The molecule has 0 aliphatic carbocycles. The first-order valence-corrected chi connectivity index (χ1v) is 5.11.